The highest BCUT2D eigenvalue weighted by Crippen LogP contribution is 2.25. The summed E-state index contributed by atoms with van der Waals surface area (Å²) in [7, 11) is 0. The first kappa shape index (κ1) is 23.9. The van der Waals surface area contributed by atoms with E-state index in [0.29, 0.717) is 6.10 Å². The molecule has 0 amide bonds. The third-order valence-electron chi connectivity index (χ3n) is 5.82. The van der Waals surface area contributed by atoms with E-state index in [1.54, 1.807) is 0 Å². The lowest BCUT2D eigenvalue weighted by molar-refractivity contribution is 0.0566. The van der Waals surface area contributed by atoms with E-state index in [-0.39, 0.29) is 0 Å². The molecule has 0 aliphatic rings. The summed E-state index contributed by atoms with van der Waals surface area (Å²) >= 11 is 0. The third kappa shape index (κ3) is 7.46. The van der Waals surface area contributed by atoms with Crippen molar-refractivity contribution in [3.8, 4) is 11.1 Å². The summed E-state index contributed by atoms with van der Waals surface area (Å²) in [5, 5.41) is 2.52. The zero-order chi connectivity index (χ0) is 22.6. The summed E-state index contributed by atoms with van der Waals surface area (Å²) in [6, 6.07) is 17.5. The molecule has 0 aliphatic heterocycles. The Kier molecular flexibility index (Phi) is 9.71. The van der Waals surface area contributed by atoms with Gasteiger partial charge in [-0.05, 0) is 79.1 Å². The van der Waals surface area contributed by atoms with Crippen molar-refractivity contribution < 1.29 is 4.74 Å². The van der Waals surface area contributed by atoms with Gasteiger partial charge in [-0.25, -0.2) is 0 Å². The van der Waals surface area contributed by atoms with E-state index < -0.39 is 0 Å². The fourth-order valence-corrected chi connectivity index (χ4v) is 3.89. The molecular weight excluding hydrogens is 390 g/mol. The summed E-state index contributed by atoms with van der Waals surface area (Å²) in [6.07, 6.45) is 16.5. The van der Waals surface area contributed by atoms with Gasteiger partial charge in [0, 0.05) is 18.4 Å². The highest BCUT2D eigenvalue weighted by Gasteiger charge is 2.03. The quantitative estimate of drug-likeness (QED) is 0.202. The molecule has 168 valence electrons. The molecule has 3 aromatic rings. The normalized spacial score (nSPS) is 12.4. The van der Waals surface area contributed by atoms with E-state index in [9.17, 15) is 0 Å². The first-order chi connectivity index (χ1) is 15.7. The predicted octanol–water partition coefficient (Wildman–Crippen LogP) is 8.41. The molecule has 1 unspecified atom stereocenters. The third-order valence-corrected chi connectivity index (χ3v) is 5.82. The van der Waals surface area contributed by atoms with Crippen molar-refractivity contribution in [1.82, 2.24) is 4.98 Å². The van der Waals surface area contributed by atoms with E-state index in [1.807, 2.05) is 12.3 Å². The van der Waals surface area contributed by atoms with Crippen LogP contribution in [0.1, 0.15) is 63.6 Å². The summed E-state index contributed by atoms with van der Waals surface area (Å²) in [4.78, 5) is 4.64. The monoisotopic (exact) mass is 427 g/mol. The van der Waals surface area contributed by atoms with Gasteiger partial charge < -0.3 is 4.74 Å². The molecule has 0 bridgehead atoms. The Hall–Kier alpha value is -2.71. The van der Waals surface area contributed by atoms with Gasteiger partial charge in [0.2, 0.25) is 0 Å². The van der Waals surface area contributed by atoms with Gasteiger partial charge >= 0.3 is 0 Å². The van der Waals surface area contributed by atoms with E-state index in [4.69, 9.17) is 4.74 Å². The molecule has 1 heterocycles. The van der Waals surface area contributed by atoms with Crippen LogP contribution in [0.3, 0.4) is 0 Å². The Balaban J connectivity index is 1.49. The number of ether oxygens (including phenoxy) is 1. The summed E-state index contributed by atoms with van der Waals surface area (Å²) in [5.41, 5.74) is 4.65. The molecule has 2 aromatic carbocycles. The van der Waals surface area contributed by atoms with Gasteiger partial charge in [0.1, 0.15) is 0 Å². The molecule has 3 rings (SSSR count). The molecule has 1 atom stereocenters. The molecule has 0 N–H and O–H groups in total. The molecule has 2 heteroatoms. The van der Waals surface area contributed by atoms with Crippen LogP contribution < -0.4 is 0 Å². The predicted molar refractivity (Wildman–Crippen MR) is 139 cm³/mol. The molecular formula is C30H37NO. The highest BCUT2D eigenvalue weighted by atomic mass is 16.5. The highest BCUT2D eigenvalue weighted by molar-refractivity contribution is 5.87. The Bertz CT molecular complexity index is 1000. The van der Waals surface area contributed by atoms with Gasteiger partial charge in [-0.15, -0.1) is 6.58 Å². The van der Waals surface area contributed by atoms with Crippen molar-refractivity contribution in [2.45, 2.75) is 64.9 Å². The first-order valence-corrected chi connectivity index (χ1v) is 12.1. The maximum atomic E-state index is 5.87. The minimum absolute atomic E-state index is 0.355. The largest absolute Gasteiger partial charge is 0.379 e. The fraction of sp³-hybridized carbons (Fsp3) is 0.367. The van der Waals surface area contributed by atoms with E-state index in [1.165, 1.54) is 41.2 Å². The van der Waals surface area contributed by atoms with Crippen molar-refractivity contribution in [1.29, 1.82) is 0 Å². The summed E-state index contributed by atoms with van der Waals surface area (Å²) in [5.74, 6) is 0. The number of aromatic nitrogens is 1. The SMILES string of the molecule is C=CCc1ccc2cc(-c3ccc(/C=C/CCCC(C)OCCCCC)nc3)ccc2c1. The average molecular weight is 428 g/mol. The smallest absolute Gasteiger partial charge is 0.0626 e. The maximum absolute atomic E-state index is 5.87. The second-order valence-electron chi connectivity index (χ2n) is 8.58. The van der Waals surface area contributed by atoms with Crippen molar-refractivity contribution in [2.75, 3.05) is 6.61 Å². The molecule has 32 heavy (non-hydrogen) atoms. The number of nitrogens with zero attached hydrogens (tertiary/aromatic N) is 1. The molecule has 2 nitrogen and oxygen atoms in total. The Morgan fingerprint density at radius 1 is 0.969 bits per heavy atom. The minimum Gasteiger partial charge on any atom is -0.379 e. The zero-order valence-electron chi connectivity index (χ0n) is 19.7. The lowest BCUT2D eigenvalue weighted by atomic mass is 10.00. The van der Waals surface area contributed by atoms with Gasteiger partial charge in [-0.1, -0.05) is 68.3 Å². The topological polar surface area (TPSA) is 22.1 Å². The van der Waals surface area contributed by atoms with Gasteiger partial charge in [0.15, 0.2) is 0 Å². The minimum atomic E-state index is 0.355. The number of rotatable bonds is 13. The van der Waals surface area contributed by atoms with Crippen LogP contribution in [0.5, 0.6) is 0 Å². The van der Waals surface area contributed by atoms with Gasteiger partial charge in [-0.2, -0.15) is 0 Å². The maximum Gasteiger partial charge on any atom is 0.0626 e. The van der Waals surface area contributed by atoms with E-state index >= 15 is 0 Å². The van der Waals surface area contributed by atoms with E-state index in [2.05, 4.69) is 86.1 Å². The Morgan fingerprint density at radius 3 is 2.56 bits per heavy atom. The van der Waals surface area contributed by atoms with Crippen molar-refractivity contribution in [3.05, 3.63) is 84.7 Å². The van der Waals surface area contributed by atoms with Crippen LogP contribution in [0.4, 0.5) is 0 Å². The molecule has 0 fully saturated rings. The van der Waals surface area contributed by atoms with Crippen LogP contribution in [-0.2, 0) is 11.2 Å². The lowest BCUT2D eigenvalue weighted by Gasteiger charge is -2.11. The summed E-state index contributed by atoms with van der Waals surface area (Å²) in [6.45, 7) is 9.13. The van der Waals surface area contributed by atoms with Gasteiger partial charge in [0.05, 0.1) is 11.8 Å². The number of hydrogen-bond acceptors (Lipinski definition) is 2. The first-order valence-electron chi connectivity index (χ1n) is 12.1. The number of pyridine rings is 1. The zero-order valence-corrected chi connectivity index (χ0v) is 19.7. The summed E-state index contributed by atoms with van der Waals surface area (Å²) < 4.78 is 5.87. The van der Waals surface area contributed by atoms with Crippen LogP contribution in [0.2, 0.25) is 0 Å². The number of benzene rings is 2. The van der Waals surface area contributed by atoms with E-state index in [0.717, 1.165) is 43.5 Å². The molecule has 0 spiro atoms. The average Bonchev–Trinajstić information content (AvgIpc) is 2.82. The number of allylic oxidation sites excluding steroid dienone is 2. The van der Waals surface area contributed by atoms with Gasteiger partial charge in [0.25, 0.3) is 0 Å². The second kappa shape index (κ2) is 13.0. The van der Waals surface area contributed by atoms with Crippen LogP contribution in [0.15, 0.2) is 73.5 Å². The molecule has 0 radical (unpaired) electrons. The van der Waals surface area contributed by atoms with Crippen molar-refractivity contribution in [2.24, 2.45) is 0 Å². The van der Waals surface area contributed by atoms with Crippen molar-refractivity contribution in [3.63, 3.8) is 0 Å². The Labute approximate surface area is 194 Å². The number of hydrogen-bond donors (Lipinski definition) is 0. The number of fused-ring (bicyclic) bond motifs is 1. The number of unbranched alkanes of at least 4 members (excludes halogenated alkanes) is 3. The van der Waals surface area contributed by atoms with Crippen LogP contribution >= 0.6 is 0 Å². The van der Waals surface area contributed by atoms with Crippen LogP contribution in [0.25, 0.3) is 28.0 Å². The molecule has 1 aromatic heterocycles. The van der Waals surface area contributed by atoms with Gasteiger partial charge in [-0.3, -0.25) is 4.98 Å². The molecule has 0 saturated heterocycles. The fourth-order valence-electron chi connectivity index (χ4n) is 3.89. The van der Waals surface area contributed by atoms with Crippen LogP contribution in [0, 0.1) is 0 Å². The van der Waals surface area contributed by atoms with Crippen LogP contribution in [-0.4, -0.2) is 17.7 Å². The second-order valence-corrected chi connectivity index (χ2v) is 8.58. The Morgan fingerprint density at radius 2 is 1.78 bits per heavy atom. The lowest BCUT2D eigenvalue weighted by Crippen LogP contribution is -2.08. The molecule has 0 aliphatic carbocycles. The standard InChI is InChI=1S/C30H37NO/c1-4-6-10-20-32-24(3)12-8-7-9-13-30-19-18-29(23-31-30)28-17-16-26-21-25(11-5-2)14-15-27(26)22-28/h5,9,13-19,21-24H,2,4,6-8,10-12,20H2,1,3H3/b13-9+. The molecule has 0 saturated carbocycles. The van der Waals surface area contributed by atoms with Crippen molar-refractivity contribution >= 4 is 16.8 Å².